The number of benzene rings is 9. The van der Waals surface area contributed by atoms with E-state index in [1.54, 1.807) is 0 Å². The van der Waals surface area contributed by atoms with Crippen molar-refractivity contribution in [3.8, 4) is 22.5 Å². The molecule has 0 spiro atoms. The number of nitrogens with zero attached hydrogens (tertiary/aromatic N) is 3. The number of hydrogen-bond acceptors (Lipinski definition) is 1. The molecule has 0 fully saturated rings. The van der Waals surface area contributed by atoms with Crippen LogP contribution in [0, 0.1) is 0 Å². The Labute approximate surface area is 319 Å². The van der Waals surface area contributed by atoms with Crippen LogP contribution in [0.2, 0.25) is 0 Å². The molecule has 0 aliphatic heterocycles. The van der Waals surface area contributed by atoms with Gasteiger partial charge in [0.2, 0.25) is 0 Å². The summed E-state index contributed by atoms with van der Waals surface area (Å²) in [7, 11) is 0. The second kappa shape index (κ2) is 12.6. The quantitative estimate of drug-likeness (QED) is 0.168. The molecule has 0 saturated heterocycles. The Morgan fingerprint density at radius 2 is 0.873 bits per heavy atom. The van der Waals surface area contributed by atoms with Gasteiger partial charge in [-0.05, 0) is 89.3 Å². The van der Waals surface area contributed by atoms with Crippen molar-refractivity contribution in [1.82, 2.24) is 9.13 Å². The minimum atomic E-state index is 1.10. The van der Waals surface area contributed by atoms with Crippen LogP contribution in [0.15, 0.2) is 212 Å². The Morgan fingerprint density at radius 3 is 1.65 bits per heavy atom. The third kappa shape index (κ3) is 4.98. The fraction of sp³-hybridized carbons (Fsp3) is 0. The highest BCUT2D eigenvalue weighted by Crippen LogP contribution is 2.44. The van der Waals surface area contributed by atoms with Gasteiger partial charge in [-0.3, -0.25) is 0 Å². The molecule has 2 aromatic heterocycles. The summed E-state index contributed by atoms with van der Waals surface area (Å²) in [5.74, 6) is 0. The molecule has 0 amide bonds. The van der Waals surface area contributed by atoms with Crippen LogP contribution in [0.3, 0.4) is 0 Å². The molecule has 3 nitrogen and oxygen atoms in total. The molecule has 0 unspecified atom stereocenters. The highest BCUT2D eigenvalue weighted by molar-refractivity contribution is 6.16. The first kappa shape index (κ1) is 31.2. The fourth-order valence-corrected chi connectivity index (χ4v) is 8.71. The van der Waals surface area contributed by atoms with Crippen molar-refractivity contribution in [1.29, 1.82) is 0 Å². The van der Waals surface area contributed by atoms with Crippen molar-refractivity contribution in [2.45, 2.75) is 0 Å². The van der Waals surface area contributed by atoms with Gasteiger partial charge < -0.3 is 14.0 Å². The van der Waals surface area contributed by atoms with E-state index < -0.39 is 0 Å². The topological polar surface area (TPSA) is 13.1 Å². The molecule has 0 bridgehead atoms. The molecule has 2 heterocycles. The summed E-state index contributed by atoms with van der Waals surface area (Å²) in [5.41, 5.74) is 12.8. The van der Waals surface area contributed by atoms with E-state index in [9.17, 15) is 0 Å². The fourth-order valence-electron chi connectivity index (χ4n) is 8.71. The summed E-state index contributed by atoms with van der Waals surface area (Å²) in [6.45, 7) is 0. The van der Waals surface area contributed by atoms with Crippen LogP contribution in [0.5, 0.6) is 0 Å². The molecule has 55 heavy (non-hydrogen) atoms. The van der Waals surface area contributed by atoms with Crippen molar-refractivity contribution in [3.05, 3.63) is 212 Å². The molecule has 0 aliphatic rings. The summed E-state index contributed by atoms with van der Waals surface area (Å²) in [6.07, 6.45) is 0. The summed E-state index contributed by atoms with van der Waals surface area (Å²) >= 11 is 0. The molecule has 11 rings (SSSR count). The van der Waals surface area contributed by atoms with Crippen LogP contribution in [0.25, 0.3) is 76.9 Å². The molecular weight excluding hydrogens is 667 g/mol. The molecule has 258 valence electrons. The van der Waals surface area contributed by atoms with Crippen LogP contribution in [-0.2, 0) is 0 Å². The van der Waals surface area contributed by atoms with Gasteiger partial charge in [0.05, 0.1) is 27.8 Å². The summed E-state index contributed by atoms with van der Waals surface area (Å²) < 4.78 is 4.79. The number of fused-ring (bicyclic) bond motifs is 7. The summed E-state index contributed by atoms with van der Waals surface area (Å²) in [4.78, 5) is 2.44. The van der Waals surface area contributed by atoms with E-state index in [2.05, 4.69) is 226 Å². The Hall–Kier alpha value is -7.36. The van der Waals surface area contributed by atoms with Gasteiger partial charge in [0.25, 0.3) is 0 Å². The summed E-state index contributed by atoms with van der Waals surface area (Å²) in [5, 5.41) is 7.38. The lowest BCUT2D eigenvalue weighted by atomic mass is 9.98. The van der Waals surface area contributed by atoms with Gasteiger partial charge >= 0.3 is 0 Å². The first-order valence-corrected chi connectivity index (χ1v) is 18.9. The van der Waals surface area contributed by atoms with Crippen LogP contribution < -0.4 is 4.90 Å². The van der Waals surface area contributed by atoms with Gasteiger partial charge in [0.15, 0.2) is 0 Å². The number of aromatic nitrogens is 2. The number of rotatable bonds is 6. The normalized spacial score (nSPS) is 11.6. The summed E-state index contributed by atoms with van der Waals surface area (Å²) in [6, 6.07) is 76.9. The zero-order valence-electron chi connectivity index (χ0n) is 30.0. The Bertz CT molecular complexity index is 3200. The van der Waals surface area contributed by atoms with Crippen LogP contribution in [-0.4, -0.2) is 9.13 Å². The number of anilines is 3. The van der Waals surface area contributed by atoms with E-state index in [1.165, 1.54) is 65.5 Å². The molecule has 0 N–H and O–H groups in total. The van der Waals surface area contributed by atoms with Gasteiger partial charge in [-0.15, -0.1) is 0 Å². The minimum Gasteiger partial charge on any atom is -0.310 e. The minimum absolute atomic E-state index is 1.10. The third-order valence-corrected chi connectivity index (χ3v) is 11.1. The van der Waals surface area contributed by atoms with Crippen molar-refractivity contribution in [3.63, 3.8) is 0 Å². The van der Waals surface area contributed by atoms with Gasteiger partial charge in [-0.25, -0.2) is 0 Å². The maximum atomic E-state index is 2.44. The molecule has 0 aliphatic carbocycles. The molecular formula is C52H35N3. The SMILES string of the molecule is c1ccc(-n2c3ccccc3c3ccc(N(c4cccc(-c5cccc6c5c5ccccc5n6-c5ccccc5)c4)c4cccc5ccccc45)cc32)cc1. The maximum absolute atomic E-state index is 2.44. The predicted octanol–water partition coefficient (Wildman–Crippen LogP) is 14.2. The van der Waals surface area contributed by atoms with Gasteiger partial charge in [0, 0.05) is 49.7 Å². The predicted molar refractivity (Wildman–Crippen MR) is 233 cm³/mol. The molecule has 0 saturated carbocycles. The van der Waals surface area contributed by atoms with Crippen molar-refractivity contribution in [2.75, 3.05) is 4.90 Å². The lowest BCUT2D eigenvalue weighted by molar-refractivity contribution is 1.18. The second-order valence-electron chi connectivity index (χ2n) is 14.2. The van der Waals surface area contributed by atoms with E-state index in [0.717, 1.165) is 28.4 Å². The molecule has 9 aromatic carbocycles. The zero-order chi connectivity index (χ0) is 36.3. The lowest BCUT2D eigenvalue weighted by Crippen LogP contribution is -2.11. The molecule has 0 radical (unpaired) electrons. The van der Waals surface area contributed by atoms with Gasteiger partial charge in [-0.2, -0.15) is 0 Å². The van der Waals surface area contributed by atoms with E-state index >= 15 is 0 Å². The second-order valence-corrected chi connectivity index (χ2v) is 14.2. The van der Waals surface area contributed by atoms with Crippen molar-refractivity contribution >= 4 is 71.4 Å². The number of para-hydroxylation sites is 4. The van der Waals surface area contributed by atoms with Crippen molar-refractivity contribution in [2.24, 2.45) is 0 Å². The zero-order valence-corrected chi connectivity index (χ0v) is 30.0. The van der Waals surface area contributed by atoms with E-state index in [-0.39, 0.29) is 0 Å². The largest absolute Gasteiger partial charge is 0.310 e. The monoisotopic (exact) mass is 701 g/mol. The third-order valence-electron chi connectivity index (χ3n) is 11.1. The smallest absolute Gasteiger partial charge is 0.0561 e. The average molecular weight is 702 g/mol. The van der Waals surface area contributed by atoms with E-state index in [0.29, 0.717) is 0 Å². The molecule has 0 atom stereocenters. The van der Waals surface area contributed by atoms with Crippen LogP contribution in [0.4, 0.5) is 17.1 Å². The van der Waals surface area contributed by atoms with Crippen molar-refractivity contribution < 1.29 is 0 Å². The number of hydrogen-bond donors (Lipinski definition) is 0. The Balaban J connectivity index is 1.16. The van der Waals surface area contributed by atoms with Crippen LogP contribution >= 0.6 is 0 Å². The lowest BCUT2D eigenvalue weighted by Gasteiger charge is -2.27. The van der Waals surface area contributed by atoms with Gasteiger partial charge in [-0.1, -0.05) is 140 Å². The highest BCUT2D eigenvalue weighted by atomic mass is 15.1. The van der Waals surface area contributed by atoms with Gasteiger partial charge in [0.1, 0.15) is 0 Å². The molecule has 11 aromatic rings. The Morgan fingerprint density at radius 1 is 0.327 bits per heavy atom. The van der Waals surface area contributed by atoms with Crippen LogP contribution in [0.1, 0.15) is 0 Å². The first-order valence-electron chi connectivity index (χ1n) is 18.9. The van der Waals surface area contributed by atoms with E-state index in [4.69, 9.17) is 0 Å². The highest BCUT2D eigenvalue weighted by Gasteiger charge is 2.21. The first-order chi connectivity index (χ1) is 27.3. The average Bonchev–Trinajstić information content (AvgIpc) is 3.77. The maximum Gasteiger partial charge on any atom is 0.0561 e. The Kier molecular flexibility index (Phi) is 7.17. The molecule has 3 heteroatoms. The standard InChI is InChI=1S/C52H35N3/c1-3-19-38(20-4-1)54-49-29-12-10-26-46(49)52-43(27-15-31-50(52)54)37-18-13-23-40(34-37)53(47-30-14-17-36-16-7-8-24-42(36)47)41-32-33-45-44-25-9-11-28-48(44)55(51(45)35-41)39-21-5-2-6-22-39/h1-35H. The van der Waals surface area contributed by atoms with E-state index in [1.807, 2.05) is 0 Å².